The van der Waals surface area contributed by atoms with Crippen molar-refractivity contribution in [3.63, 3.8) is 0 Å². The summed E-state index contributed by atoms with van der Waals surface area (Å²) in [6.45, 7) is 2.62. The van der Waals surface area contributed by atoms with Gasteiger partial charge in [-0.15, -0.1) is 0 Å². The van der Waals surface area contributed by atoms with E-state index in [2.05, 4.69) is 0 Å². The molecule has 0 spiro atoms. The van der Waals surface area contributed by atoms with Crippen LogP contribution in [0, 0.1) is 5.92 Å². The van der Waals surface area contributed by atoms with Gasteiger partial charge in [-0.1, -0.05) is 0 Å². The van der Waals surface area contributed by atoms with Crippen molar-refractivity contribution in [2.24, 2.45) is 5.92 Å². The summed E-state index contributed by atoms with van der Waals surface area (Å²) in [6, 6.07) is 1.48. The first kappa shape index (κ1) is 15.9. The number of furan rings is 1. The summed E-state index contributed by atoms with van der Waals surface area (Å²) in [5, 5.41) is 0. The van der Waals surface area contributed by atoms with Gasteiger partial charge in [-0.25, -0.2) is 4.79 Å². The molecule has 0 unspecified atom stereocenters. The van der Waals surface area contributed by atoms with Crippen LogP contribution in [0.15, 0.2) is 16.7 Å². The minimum atomic E-state index is -4.17. The van der Waals surface area contributed by atoms with Gasteiger partial charge in [0.05, 0.1) is 25.3 Å². The SMILES string of the molecule is CCOC(=O)c1ccoc1CN1CCC[C@@H](C(F)(F)F)C1. The summed E-state index contributed by atoms with van der Waals surface area (Å²) in [5.74, 6) is -1.46. The number of rotatable bonds is 4. The van der Waals surface area contributed by atoms with E-state index in [1.807, 2.05) is 0 Å². The van der Waals surface area contributed by atoms with Crippen molar-refractivity contribution in [3.8, 4) is 0 Å². The van der Waals surface area contributed by atoms with Crippen LogP contribution in [0.3, 0.4) is 0 Å². The highest BCUT2D eigenvalue weighted by molar-refractivity contribution is 5.90. The monoisotopic (exact) mass is 305 g/mol. The Kier molecular flexibility index (Phi) is 4.92. The lowest BCUT2D eigenvalue weighted by Crippen LogP contribution is -2.41. The van der Waals surface area contributed by atoms with Crippen LogP contribution in [-0.4, -0.2) is 36.7 Å². The first-order valence-electron chi connectivity index (χ1n) is 6.94. The summed E-state index contributed by atoms with van der Waals surface area (Å²) in [6.07, 6.45) is -2.18. The molecule has 1 aliphatic rings. The van der Waals surface area contributed by atoms with Crippen LogP contribution in [0.5, 0.6) is 0 Å². The number of nitrogens with zero attached hydrogens (tertiary/aromatic N) is 1. The minimum Gasteiger partial charge on any atom is -0.467 e. The maximum absolute atomic E-state index is 12.8. The van der Waals surface area contributed by atoms with Crippen LogP contribution in [0.4, 0.5) is 13.2 Å². The number of hydrogen-bond acceptors (Lipinski definition) is 4. The molecule has 0 aliphatic carbocycles. The quantitative estimate of drug-likeness (QED) is 0.801. The van der Waals surface area contributed by atoms with Gasteiger partial charge in [-0.3, -0.25) is 4.90 Å². The molecule has 0 aromatic carbocycles. The van der Waals surface area contributed by atoms with Crippen LogP contribution >= 0.6 is 0 Å². The zero-order valence-electron chi connectivity index (χ0n) is 11.8. The van der Waals surface area contributed by atoms with E-state index < -0.39 is 18.1 Å². The Morgan fingerprint density at radius 1 is 1.52 bits per heavy atom. The standard InChI is InChI=1S/C14H18F3NO3/c1-2-20-13(19)11-5-7-21-12(11)9-18-6-3-4-10(8-18)14(15,16)17/h5,7,10H,2-4,6,8-9H2,1H3/t10-/m1/s1. The number of carbonyl (C=O) groups excluding carboxylic acids is 1. The highest BCUT2D eigenvalue weighted by Gasteiger charge is 2.41. The van der Waals surface area contributed by atoms with Gasteiger partial charge < -0.3 is 9.15 Å². The van der Waals surface area contributed by atoms with Gasteiger partial charge in [0.15, 0.2) is 0 Å². The normalized spacial score (nSPS) is 20.5. The van der Waals surface area contributed by atoms with Crippen molar-refractivity contribution < 1.29 is 27.1 Å². The molecule has 118 valence electrons. The first-order valence-corrected chi connectivity index (χ1v) is 6.94. The summed E-state index contributed by atoms with van der Waals surface area (Å²) >= 11 is 0. The third-order valence-electron chi connectivity index (χ3n) is 3.58. The molecule has 4 nitrogen and oxygen atoms in total. The highest BCUT2D eigenvalue weighted by atomic mass is 19.4. The van der Waals surface area contributed by atoms with Crippen molar-refractivity contribution in [1.29, 1.82) is 0 Å². The average Bonchev–Trinajstić information content (AvgIpc) is 2.86. The number of esters is 1. The Morgan fingerprint density at radius 2 is 2.29 bits per heavy atom. The maximum Gasteiger partial charge on any atom is 0.393 e. The molecule has 1 fully saturated rings. The van der Waals surface area contributed by atoms with Crippen LogP contribution in [0.2, 0.25) is 0 Å². The Hall–Kier alpha value is -1.50. The van der Waals surface area contributed by atoms with Gasteiger partial charge in [0, 0.05) is 6.54 Å². The summed E-state index contributed by atoms with van der Waals surface area (Å²) < 4.78 is 48.5. The predicted octanol–water partition coefficient (Wildman–Crippen LogP) is 3.23. The Bertz CT molecular complexity index is 484. The Balaban J connectivity index is 2.02. The van der Waals surface area contributed by atoms with Gasteiger partial charge >= 0.3 is 12.1 Å². The highest BCUT2D eigenvalue weighted by Crippen LogP contribution is 2.33. The zero-order chi connectivity index (χ0) is 15.5. The molecule has 2 heterocycles. The Labute approximate surface area is 120 Å². The molecule has 0 saturated carbocycles. The van der Waals surface area contributed by atoms with E-state index in [9.17, 15) is 18.0 Å². The molecular weight excluding hydrogens is 287 g/mol. The second-order valence-corrected chi connectivity index (χ2v) is 5.09. The fourth-order valence-corrected chi connectivity index (χ4v) is 2.52. The van der Waals surface area contributed by atoms with Crippen LogP contribution in [0.25, 0.3) is 0 Å². The van der Waals surface area contributed by atoms with E-state index in [0.29, 0.717) is 18.7 Å². The van der Waals surface area contributed by atoms with E-state index in [-0.39, 0.29) is 31.7 Å². The molecule has 0 bridgehead atoms. The fourth-order valence-electron chi connectivity index (χ4n) is 2.52. The van der Waals surface area contributed by atoms with Crippen molar-refractivity contribution in [1.82, 2.24) is 4.90 Å². The molecule has 1 aromatic rings. The average molecular weight is 305 g/mol. The predicted molar refractivity (Wildman–Crippen MR) is 68.7 cm³/mol. The molecule has 1 aliphatic heterocycles. The number of hydrogen-bond donors (Lipinski definition) is 0. The lowest BCUT2D eigenvalue weighted by molar-refractivity contribution is -0.187. The third-order valence-corrected chi connectivity index (χ3v) is 3.58. The van der Waals surface area contributed by atoms with Gasteiger partial charge in [-0.05, 0) is 32.4 Å². The van der Waals surface area contributed by atoms with E-state index in [0.717, 1.165) is 0 Å². The number of halogens is 3. The Morgan fingerprint density at radius 3 is 2.95 bits per heavy atom. The molecule has 21 heavy (non-hydrogen) atoms. The summed E-state index contributed by atoms with van der Waals surface area (Å²) in [7, 11) is 0. The van der Waals surface area contributed by atoms with Crippen molar-refractivity contribution >= 4 is 5.97 Å². The molecule has 0 N–H and O–H groups in total. The van der Waals surface area contributed by atoms with E-state index in [1.54, 1.807) is 11.8 Å². The second-order valence-electron chi connectivity index (χ2n) is 5.09. The lowest BCUT2D eigenvalue weighted by atomic mass is 9.97. The molecular formula is C14H18F3NO3. The molecule has 2 rings (SSSR count). The van der Waals surface area contributed by atoms with E-state index >= 15 is 0 Å². The first-order chi connectivity index (χ1) is 9.91. The topological polar surface area (TPSA) is 42.7 Å². The number of ether oxygens (including phenoxy) is 1. The fraction of sp³-hybridized carbons (Fsp3) is 0.643. The smallest absolute Gasteiger partial charge is 0.393 e. The lowest BCUT2D eigenvalue weighted by Gasteiger charge is -2.33. The largest absolute Gasteiger partial charge is 0.467 e. The molecule has 0 radical (unpaired) electrons. The van der Waals surface area contributed by atoms with Crippen LogP contribution in [0.1, 0.15) is 35.9 Å². The summed E-state index contributed by atoms with van der Waals surface area (Å²) in [5.41, 5.74) is 0.283. The number of alkyl halides is 3. The van der Waals surface area contributed by atoms with E-state index in [4.69, 9.17) is 9.15 Å². The third kappa shape index (κ3) is 4.00. The van der Waals surface area contributed by atoms with Crippen molar-refractivity contribution in [3.05, 3.63) is 23.7 Å². The molecule has 1 saturated heterocycles. The second kappa shape index (κ2) is 6.51. The number of carbonyl (C=O) groups is 1. The van der Waals surface area contributed by atoms with Crippen LogP contribution in [-0.2, 0) is 11.3 Å². The minimum absolute atomic E-state index is 0.0630. The van der Waals surface area contributed by atoms with Gasteiger partial charge in [0.2, 0.25) is 0 Å². The number of likely N-dealkylation sites (tertiary alicyclic amines) is 1. The molecule has 7 heteroatoms. The van der Waals surface area contributed by atoms with Gasteiger partial charge in [0.1, 0.15) is 11.3 Å². The zero-order valence-corrected chi connectivity index (χ0v) is 11.8. The van der Waals surface area contributed by atoms with Crippen molar-refractivity contribution in [2.75, 3.05) is 19.7 Å². The molecule has 1 atom stereocenters. The maximum atomic E-state index is 12.8. The van der Waals surface area contributed by atoms with E-state index in [1.165, 1.54) is 12.3 Å². The van der Waals surface area contributed by atoms with Gasteiger partial charge in [-0.2, -0.15) is 13.2 Å². The molecule has 1 aromatic heterocycles. The summed E-state index contributed by atoms with van der Waals surface area (Å²) in [4.78, 5) is 13.4. The van der Waals surface area contributed by atoms with Gasteiger partial charge in [0.25, 0.3) is 0 Å². The van der Waals surface area contributed by atoms with Crippen molar-refractivity contribution in [2.45, 2.75) is 32.5 Å². The molecule has 0 amide bonds. The number of piperidine rings is 1. The van der Waals surface area contributed by atoms with Crippen LogP contribution < -0.4 is 0 Å².